The standard InChI is InChI=1S/C29H33N5O2S/c1-28(35)19-29(30,20-28)24-9-7-21(8-10-24)25-26(22-5-3-2-4-6-22)37-27(32-25)23-17-31-34(18-23)12-11-33-13-15-36-16-14-33/h2-10,17-18,35H,11-16,19-20,30H2,1H3/t28-,29+. The molecule has 1 aliphatic carbocycles. The molecule has 4 aromatic rings. The van der Waals surface area contributed by atoms with Gasteiger partial charge in [-0.2, -0.15) is 5.10 Å². The van der Waals surface area contributed by atoms with E-state index in [4.69, 9.17) is 15.5 Å². The van der Waals surface area contributed by atoms with Crippen LogP contribution >= 0.6 is 11.3 Å². The Labute approximate surface area is 221 Å². The number of morpholine rings is 1. The van der Waals surface area contributed by atoms with Crippen molar-refractivity contribution in [2.24, 2.45) is 5.73 Å². The summed E-state index contributed by atoms with van der Waals surface area (Å²) in [6.45, 7) is 7.24. The molecule has 2 aliphatic rings. The van der Waals surface area contributed by atoms with Crippen molar-refractivity contribution in [3.8, 4) is 32.3 Å². The Morgan fingerprint density at radius 3 is 2.41 bits per heavy atom. The SMILES string of the molecule is C[C@]1(O)C[C@](N)(c2ccc(-c3nc(-c4cnn(CCN5CCOCC5)c4)sc3-c3ccccc3)cc2)C1. The highest BCUT2D eigenvalue weighted by Crippen LogP contribution is 2.47. The second-order valence-electron chi connectivity index (χ2n) is 10.6. The van der Waals surface area contributed by atoms with Gasteiger partial charge in [0.1, 0.15) is 5.01 Å². The number of nitrogens with two attached hydrogens (primary N) is 1. The van der Waals surface area contributed by atoms with Crippen molar-refractivity contribution in [1.82, 2.24) is 19.7 Å². The van der Waals surface area contributed by atoms with Crippen molar-refractivity contribution in [1.29, 1.82) is 0 Å². The first-order valence-electron chi connectivity index (χ1n) is 12.9. The number of aromatic nitrogens is 3. The molecule has 0 atom stereocenters. The second-order valence-corrected chi connectivity index (χ2v) is 11.6. The van der Waals surface area contributed by atoms with Gasteiger partial charge in [0.25, 0.3) is 0 Å². The molecule has 192 valence electrons. The highest BCUT2D eigenvalue weighted by atomic mass is 32.1. The molecule has 1 saturated carbocycles. The molecule has 1 aliphatic heterocycles. The minimum atomic E-state index is -0.676. The normalized spacial score (nSPS) is 24.2. The van der Waals surface area contributed by atoms with Gasteiger partial charge in [-0.25, -0.2) is 4.98 Å². The van der Waals surface area contributed by atoms with Crippen LogP contribution in [0.1, 0.15) is 25.3 Å². The van der Waals surface area contributed by atoms with E-state index in [1.54, 1.807) is 11.3 Å². The summed E-state index contributed by atoms with van der Waals surface area (Å²) in [5.41, 5.74) is 10.7. The molecule has 0 radical (unpaired) electrons. The minimum absolute atomic E-state index is 0.465. The van der Waals surface area contributed by atoms with E-state index in [2.05, 4.69) is 64.7 Å². The quantitative estimate of drug-likeness (QED) is 0.380. The van der Waals surface area contributed by atoms with Crippen LogP contribution in [0.15, 0.2) is 67.0 Å². The summed E-state index contributed by atoms with van der Waals surface area (Å²) in [5.74, 6) is 0. The number of hydrogen-bond donors (Lipinski definition) is 2. The Hall–Kier alpha value is -2.88. The van der Waals surface area contributed by atoms with E-state index in [9.17, 15) is 5.11 Å². The molecule has 0 unspecified atom stereocenters. The van der Waals surface area contributed by atoms with Gasteiger partial charge in [0.05, 0.1) is 42.1 Å². The van der Waals surface area contributed by atoms with Gasteiger partial charge in [0, 0.05) is 42.5 Å². The lowest BCUT2D eigenvalue weighted by Crippen LogP contribution is -2.58. The maximum atomic E-state index is 10.2. The number of rotatable bonds is 7. The topological polar surface area (TPSA) is 89.4 Å². The molecule has 37 heavy (non-hydrogen) atoms. The van der Waals surface area contributed by atoms with Gasteiger partial charge >= 0.3 is 0 Å². The van der Waals surface area contributed by atoms with Crippen LogP contribution in [-0.2, 0) is 16.8 Å². The zero-order valence-corrected chi connectivity index (χ0v) is 22.0. The van der Waals surface area contributed by atoms with Crippen molar-refractivity contribution in [2.45, 2.75) is 37.5 Å². The lowest BCUT2D eigenvalue weighted by Gasteiger charge is -2.49. The summed E-state index contributed by atoms with van der Waals surface area (Å²) < 4.78 is 7.46. The minimum Gasteiger partial charge on any atom is -0.390 e. The summed E-state index contributed by atoms with van der Waals surface area (Å²) >= 11 is 1.70. The molecule has 8 heteroatoms. The average Bonchev–Trinajstić information content (AvgIpc) is 3.55. The van der Waals surface area contributed by atoms with Crippen LogP contribution in [0, 0.1) is 0 Å². The lowest BCUT2D eigenvalue weighted by atomic mass is 9.63. The Bertz CT molecular complexity index is 1350. The van der Waals surface area contributed by atoms with E-state index in [0.717, 1.165) is 77.2 Å². The summed E-state index contributed by atoms with van der Waals surface area (Å²) in [5, 5.41) is 15.8. The van der Waals surface area contributed by atoms with E-state index in [0.29, 0.717) is 12.8 Å². The van der Waals surface area contributed by atoms with Gasteiger partial charge < -0.3 is 15.6 Å². The van der Waals surface area contributed by atoms with Crippen LogP contribution in [0.4, 0.5) is 0 Å². The highest BCUT2D eigenvalue weighted by Gasteiger charge is 2.49. The maximum absolute atomic E-state index is 10.2. The predicted molar refractivity (Wildman–Crippen MR) is 147 cm³/mol. The number of benzene rings is 2. The number of thiazole rings is 1. The molecule has 0 spiro atoms. The van der Waals surface area contributed by atoms with Crippen LogP contribution in [0.3, 0.4) is 0 Å². The summed E-state index contributed by atoms with van der Waals surface area (Å²) in [6, 6.07) is 18.8. The molecule has 2 fully saturated rings. The third kappa shape index (κ3) is 5.12. The van der Waals surface area contributed by atoms with Crippen molar-refractivity contribution >= 4 is 11.3 Å². The molecular formula is C29H33N5O2S. The third-order valence-corrected chi connectivity index (χ3v) is 8.57. The van der Waals surface area contributed by atoms with Gasteiger partial charge in [0.15, 0.2) is 0 Å². The molecule has 6 rings (SSSR count). The monoisotopic (exact) mass is 515 g/mol. The van der Waals surface area contributed by atoms with E-state index in [1.165, 1.54) is 0 Å². The second kappa shape index (κ2) is 9.78. The molecule has 0 amide bonds. The Morgan fingerprint density at radius 2 is 1.70 bits per heavy atom. The van der Waals surface area contributed by atoms with Gasteiger partial charge in [-0.3, -0.25) is 9.58 Å². The number of hydrogen-bond acceptors (Lipinski definition) is 7. The summed E-state index contributed by atoms with van der Waals surface area (Å²) in [7, 11) is 0. The fourth-order valence-electron chi connectivity index (χ4n) is 5.56. The van der Waals surface area contributed by atoms with Crippen LogP contribution in [0.2, 0.25) is 0 Å². The predicted octanol–water partition coefficient (Wildman–Crippen LogP) is 4.37. The van der Waals surface area contributed by atoms with Crippen molar-refractivity contribution < 1.29 is 9.84 Å². The molecule has 1 saturated heterocycles. The van der Waals surface area contributed by atoms with Crippen molar-refractivity contribution in [3.05, 3.63) is 72.6 Å². The first-order valence-corrected chi connectivity index (χ1v) is 13.7. The van der Waals surface area contributed by atoms with Gasteiger partial charge in [0.2, 0.25) is 0 Å². The smallest absolute Gasteiger partial charge is 0.127 e. The van der Waals surface area contributed by atoms with Crippen LogP contribution in [0.25, 0.3) is 32.3 Å². The Kier molecular flexibility index (Phi) is 6.46. The fraction of sp³-hybridized carbons (Fsp3) is 0.379. The summed E-state index contributed by atoms with van der Waals surface area (Å²) in [6.07, 6.45) is 5.16. The zero-order valence-electron chi connectivity index (χ0n) is 21.1. The van der Waals surface area contributed by atoms with Gasteiger partial charge in [-0.05, 0) is 30.9 Å². The van der Waals surface area contributed by atoms with Crippen LogP contribution in [-0.4, -0.2) is 63.2 Å². The molecule has 7 nitrogen and oxygen atoms in total. The van der Waals surface area contributed by atoms with E-state index in [1.807, 2.05) is 23.9 Å². The van der Waals surface area contributed by atoms with Crippen molar-refractivity contribution in [3.63, 3.8) is 0 Å². The number of ether oxygens (including phenoxy) is 1. The molecule has 0 bridgehead atoms. The van der Waals surface area contributed by atoms with E-state index >= 15 is 0 Å². The van der Waals surface area contributed by atoms with E-state index in [-0.39, 0.29) is 0 Å². The van der Waals surface area contributed by atoms with Gasteiger partial charge in [-0.15, -0.1) is 11.3 Å². The average molecular weight is 516 g/mol. The van der Waals surface area contributed by atoms with Crippen LogP contribution < -0.4 is 5.73 Å². The molecule has 2 aromatic heterocycles. The lowest BCUT2D eigenvalue weighted by molar-refractivity contribution is -0.0738. The Morgan fingerprint density at radius 1 is 0.973 bits per heavy atom. The molecular weight excluding hydrogens is 482 g/mol. The Balaban J connectivity index is 1.27. The number of aliphatic hydroxyl groups is 1. The molecule has 3 N–H and O–H groups in total. The zero-order chi connectivity index (χ0) is 25.5. The largest absolute Gasteiger partial charge is 0.390 e. The molecule has 3 heterocycles. The van der Waals surface area contributed by atoms with Crippen molar-refractivity contribution in [2.75, 3.05) is 32.8 Å². The van der Waals surface area contributed by atoms with Gasteiger partial charge in [-0.1, -0.05) is 54.6 Å². The first kappa shape index (κ1) is 24.5. The highest BCUT2D eigenvalue weighted by molar-refractivity contribution is 7.19. The van der Waals surface area contributed by atoms with E-state index < -0.39 is 11.1 Å². The first-order chi connectivity index (χ1) is 17.9. The number of nitrogens with zero attached hydrogens (tertiary/aromatic N) is 4. The third-order valence-electron chi connectivity index (χ3n) is 7.42. The summed E-state index contributed by atoms with van der Waals surface area (Å²) in [4.78, 5) is 8.66. The maximum Gasteiger partial charge on any atom is 0.127 e. The van der Waals surface area contributed by atoms with Crippen LogP contribution in [0.5, 0.6) is 0 Å². The molecule has 2 aromatic carbocycles. The fourth-order valence-corrected chi connectivity index (χ4v) is 6.63.